The van der Waals surface area contributed by atoms with E-state index in [1.807, 2.05) is 54.7 Å². The van der Waals surface area contributed by atoms with E-state index in [0.29, 0.717) is 5.82 Å². The largest absolute Gasteiger partial charge is 0.454 e. The van der Waals surface area contributed by atoms with Gasteiger partial charge in [0.05, 0.1) is 27.8 Å². The van der Waals surface area contributed by atoms with Crippen molar-refractivity contribution in [2.45, 2.75) is 0 Å². The molecule has 6 heteroatoms. The summed E-state index contributed by atoms with van der Waals surface area (Å²) >= 11 is 0. The Kier molecular flexibility index (Phi) is 7.80. The highest BCUT2D eigenvalue weighted by atomic mass is 16.3. The van der Waals surface area contributed by atoms with Crippen LogP contribution in [-0.2, 0) is 0 Å². The van der Waals surface area contributed by atoms with Gasteiger partial charge in [-0.2, -0.15) is 0 Å². The second kappa shape index (κ2) is 14.0. The first-order valence-corrected chi connectivity index (χ1v) is 21.2. The Morgan fingerprint density at radius 3 is 1.63 bits per heavy atom. The molecule has 0 aliphatic heterocycles. The minimum atomic E-state index is 0.691. The van der Waals surface area contributed by atoms with Crippen molar-refractivity contribution < 1.29 is 4.42 Å². The lowest BCUT2D eigenvalue weighted by molar-refractivity contribution is 0.669. The quantitative estimate of drug-likeness (QED) is 0.168. The van der Waals surface area contributed by atoms with Crippen molar-refractivity contribution in [1.29, 1.82) is 0 Å². The number of hydrogen-bond acceptors (Lipinski definition) is 4. The van der Waals surface area contributed by atoms with Crippen LogP contribution in [0, 0.1) is 0 Å². The number of benzene rings is 8. The molecule has 13 rings (SSSR count). The molecule has 0 aliphatic carbocycles. The molecule has 5 aromatic heterocycles. The van der Waals surface area contributed by atoms with Crippen molar-refractivity contribution in [1.82, 2.24) is 24.1 Å². The van der Waals surface area contributed by atoms with Gasteiger partial charge in [0.15, 0.2) is 11.4 Å². The van der Waals surface area contributed by atoms with Crippen LogP contribution in [0.15, 0.2) is 217 Å². The maximum Gasteiger partial charge on any atom is 0.162 e. The third-order valence-electron chi connectivity index (χ3n) is 12.4. The van der Waals surface area contributed by atoms with E-state index in [2.05, 4.69) is 172 Å². The second-order valence-electron chi connectivity index (χ2n) is 16.0. The van der Waals surface area contributed by atoms with Gasteiger partial charge in [-0.25, -0.2) is 9.97 Å². The highest BCUT2D eigenvalue weighted by Crippen LogP contribution is 2.40. The fraction of sp³-hybridized carbons (Fsp3) is 0. The van der Waals surface area contributed by atoms with Gasteiger partial charge in [-0.15, -0.1) is 0 Å². The number of pyridine rings is 1. The van der Waals surface area contributed by atoms with E-state index in [0.717, 1.165) is 94.7 Å². The predicted molar refractivity (Wildman–Crippen MR) is 258 cm³/mol. The van der Waals surface area contributed by atoms with Gasteiger partial charge in [0.2, 0.25) is 0 Å². The Balaban J connectivity index is 0.925. The summed E-state index contributed by atoms with van der Waals surface area (Å²) in [5.41, 5.74) is 15.5. The van der Waals surface area contributed by atoms with Gasteiger partial charge in [-0.3, -0.25) is 9.55 Å². The maximum atomic E-state index is 6.33. The summed E-state index contributed by atoms with van der Waals surface area (Å²) in [6, 6.07) is 72.6. The number of hydrogen-bond donors (Lipinski definition) is 0. The summed E-state index contributed by atoms with van der Waals surface area (Å²) in [5, 5.41) is 5.78. The molecule has 0 saturated heterocycles. The van der Waals surface area contributed by atoms with Crippen molar-refractivity contribution in [3.05, 3.63) is 212 Å². The molecule has 0 saturated carbocycles. The molecule has 0 fully saturated rings. The second-order valence-corrected chi connectivity index (χ2v) is 16.0. The Morgan fingerprint density at radius 1 is 0.381 bits per heavy atom. The molecule has 0 unspecified atom stereocenters. The fourth-order valence-electron chi connectivity index (χ4n) is 9.47. The van der Waals surface area contributed by atoms with Crippen molar-refractivity contribution >= 4 is 65.7 Å². The smallest absolute Gasteiger partial charge is 0.162 e. The zero-order chi connectivity index (χ0) is 41.4. The van der Waals surface area contributed by atoms with Gasteiger partial charge in [-0.05, 0) is 83.4 Å². The van der Waals surface area contributed by atoms with E-state index in [1.165, 1.54) is 21.5 Å². The van der Waals surface area contributed by atoms with Crippen LogP contribution in [0.4, 0.5) is 0 Å². The first kappa shape index (κ1) is 35.2. The summed E-state index contributed by atoms with van der Waals surface area (Å²) in [6.07, 6.45) is 1.87. The van der Waals surface area contributed by atoms with E-state index >= 15 is 0 Å². The van der Waals surface area contributed by atoms with Gasteiger partial charge in [0, 0.05) is 61.6 Å². The van der Waals surface area contributed by atoms with Gasteiger partial charge in [-0.1, -0.05) is 133 Å². The van der Waals surface area contributed by atoms with Crippen molar-refractivity contribution in [3.63, 3.8) is 0 Å². The van der Waals surface area contributed by atoms with Crippen LogP contribution < -0.4 is 0 Å². The van der Waals surface area contributed by atoms with Gasteiger partial charge >= 0.3 is 0 Å². The molecular weight excluding hydrogens is 771 g/mol. The van der Waals surface area contributed by atoms with Crippen LogP contribution in [0.5, 0.6) is 0 Å². The maximum absolute atomic E-state index is 6.33. The summed E-state index contributed by atoms with van der Waals surface area (Å²) in [7, 11) is 0. The van der Waals surface area contributed by atoms with Crippen molar-refractivity contribution in [3.8, 4) is 56.4 Å². The molecule has 0 aliphatic rings. The summed E-state index contributed by atoms with van der Waals surface area (Å²) in [4.78, 5) is 15.0. The number of aromatic nitrogens is 5. The first-order chi connectivity index (χ1) is 31.2. The normalized spacial score (nSPS) is 11.8. The van der Waals surface area contributed by atoms with Gasteiger partial charge < -0.3 is 8.98 Å². The van der Waals surface area contributed by atoms with E-state index in [4.69, 9.17) is 14.4 Å². The van der Waals surface area contributed by atoms with Gasteiger partial charge in [0.25, 0.3) is 0 Å². The lowest BCUT2D eigenvalue weighted by Crippen LogP contribution is -2.02. The predicted octanol–water partition coefficient (Wildman–Crippen LogP) is 14.6. The minimum Gasteiger partial charge on any atom is -0.454 e. The zero-order valence-corrected chi connectivity index (χ0v) is 33.9. The lowest BCUT2D eigenvalue weighted by Gasteiger charge is -2.12. The average Bonchev–Trinajstić information content (AvgIpc) is 4.02. The molecule has 63 heavy (non-hydrogen) atoms. The standard InChI is InChI=1S/C57H35N5O/c1-3-13-37(14-4-1)48-35-54(60-57(59-48)38-15-5-2-6-16-38)62-50-21-11-8-18-44(50)47-34-40(26-30-52(47)62)39-25-29-51-46(33-39)43-17-7-10-20-49(43)61(51)41-27-23-36(24-28-41)42-31-32-58-55-45-19-9-12-22-53(45)63-56(42)55/h1-35H. The summed E-state index contributed by atoms with van der Waals surface area (Å²) < 4.78 is 11.0. The Bertz CT molecular complexity index is 3840. The topological polar surface area (TPSA) is 61.7 Å². The van der Waals surface area contributed by atoms with Crippen molar-refractivity contribution in [2.24, 2.45) is 0 Å². The number of rotatable bonds is 6. The SMILES string of the molecule is c1ccc(-c2cc(-n3c4ccccc4c4cc(-c5ccc6c(c5)c5ccccc5n6-c5ccc(-c6ccnc7c6oc6ccccc67)cc5)ccc43)nc(-c3ccccc3)n2)cc1. The molecule has 294 valence electrons. The monoisotopic (exact) mass is 805 g/mol. The van der Waals surface area contributed by atoms with Crippen LogP contribution in [0.3, 0.4) is 0 Å². The molecule has 0 spiro atoms. The molecule has 0 bridgehead atoms. The number of furan rings is 1. The van der Waals surface area contributed by atoms with Crippen LogP contribution >= 0.6 is 0 Å². The summed E-state index contributed by atoms with van der Waals surface area (Å²) in [5.74, 6) is 1.52. The Labute approximate surface area is 361 Å². The highest BCUT2D eigenvalue weighted by molar-refractivity contribution is 6.13. The van der Waals surface area contributed by atoms with E-state index in [-0.39, 0.29) is 0 Å². The molecule has 8 aromatic carbocycles. The van der Waals surface area contributed by atoms with Crippen LogP contribution in [0.25, 0.3) is 122 Å². The van der Waals surface area contributed by atoms with Crippen LogP contribution in [0.2, 0.25) is 0 Å². The third kappa shape index (κ3) is 5.62. The summed E-state index contributed by atoms with van der Waals surface area (Å²) in [6.45, 7) is 0. The number of para-hydroxylation sites is 3. The van der Waals surface area contributed by atoms with Crippen LogP contribution in [0.1, 0.15) is 0 Å². The highest BCUT2D eigenvalue weighted by Gasteiger charge is 2.19. The molecule has 0 radical (unpaired) electrons. The molecule has 13 aromatic rings. The molecule has 0 atom stereocenters. The molecule has 5 heterocycles. The Hall–Kier alpha value is -8.61. The minimum absolute atomic E-state index is 0.691. The van der Waals surface area contributed by atoms with E-state index in [9.17, 15) is 0 Å². The molecular formula is C57H35N5O. The third-order valence-corrected chi connectivity index (χ3v) is 12.4. The lowest BCUT2D eigenvalue weighted by atomic mass is 10.0. The van der Waals surface area contributed by atoms with E-state index in [1.54, 1.807) is 0 Å². The van der Waals surface area contributed by atoms with Crippen molar-refractivity contribution in [2.75, 3.05) is 0 Å². The number of fused-ring (bicyclic) bond motifs is 9. The Morgan fingerprint density at radius 2 is 0.937 bits per heavy atom. The fourth-order valence-corrected chi connectivity index (χ4v) is 9.47. The zero-order valence-electron chi connectivity index (χ0n) is 33.9. The number of nitrogens with zero attached hydrogens (tertiary/aromatic N) is 5. The molecule has 0 amide bonds. The van der Waals surface area contributed by atoms with E-state index < -0.39 is 0 Å². The average molecular weight is 806 g/mol. The van der Waals surface area contributed by atoms with Gasteiger partial charge in [0.1, 0.15) is 16.9 Å². The van der Waals surface area contributed by atoms with Crippen LogP contribution in [-0.4, -0.2) is 24.1 Å². The molecule has 6 nitrogen and oxygen atoms in total. The molecule has 0 N–H and O–H groups in total. The first-order valence-electron chi connectivity index (χ1n) is 21.2.